The molecule has 1 aliphatic carbocycles. The first-order valence-electron chi connectivity index (χ1n) is 10.9. The highest BCUT2D eigenvalue weighted by molar-refractivity contribution is 7.90. The molecule has 1 aliphatic heterocycles. The predicted molar refractivity (Wildman–Crippen MR) is 128 cm³/mol. The summed E-state index contributed by atoms with van der Waals surface area (Å²) in [5.74, 6) is 0.777. The van der Waals surface area contributed by atoms with Crippen molar-refractivity contribution in [3.8, 4) is 5.75 Å². The van der Waals surface area contributed by atoms with Crippen molar-refractivity contribution in [2.75, 3.05) is 10.6 Å². The Balaban J connectivity index is 1.25. The molecule has 5 rings (SSSR count). The van der Waals surface area contributed by atoms with E-state index in [0.717, 1.165) is 18.6 Å². The number of fused-ring (bicyclic) bond motifs is 1. The summed E-state index contributed by atoms with van der Waals surface area (Å²) in [5, 5.41) is 5.93. The Kier molecular flexibility index (Phi) is 5.60. The molecule has 1 amide bonds. The number of nitrogens with zero attached hydrogens (tertiary/aromatic N) is 1. The number of anilines is 2. The highest BCUT2D eigenvalue weighted by Gasteiger charge is 2.28. The molecule has 1 saturated carbocycles. The quantitative estimate of drug-likeness (QED) is 0.568. The Hall–Kier alpha value is -3.65. The van der Waals surface area contributed by atoms with E-state index in [0.29, 0.717) is 22.5 Å². The summed E-state index contributed by atoms with van der Waals surface area (Å²) < 4.78 is 34.2. The van der Waals surface area contributed by atoms with Gasteiger partial charge in [0.05, 0.1) is 6.10 Å². The largest absolute Gasteiger partial charge is 0.490 e. The molecule has 0 spiro atoms. The van der Waals surface area contributed by atoms with Crippen LogP contribution in [0.3, 0.4) is 0 Å². The summed E-state index contributed by atoms with van der Waals surface area (Å²) in [6.07, 6.45) is 4.79. The minimum atomic E-state index is -3.69. The lowest BCUT2D eigenvalue weighted by atomic mass is 10.1. The molecule has 3 aromatic rings. The van der Waals surface area contributed by atoms with Crippen LogP contribution in [-0.4, -0.2) is 26.3 Å². The zero-order chi connectivity index (χ0) is 22.8. The normalized spacial score (nSPS) is 16.7. The van der Waals surface area contributed by atoms with Crippen LogP contribution in [0.1, 0.15) is 41.6 Å². The molecule has 7 nitrogen and oxygen atoms in total. The number of sulfonamides is 1. The van der Waals surface area contributed by atoms with Crippen molar-refractivity contribution in [3.63, 3.8) is 0 Å². The molecular formula is C25H23N3O4S. The lowest BCUT2D eigenvalue weighted by molar-refractivity contribution is 0.102. The average molecular weight is 462 g/mol. The van der Waals surface area contributed by atoms with Crippen LogP contribution in [0.4, 0.5) is 11.4 Å². The van der Waals surface area contributed by atoms with Gasteiger partial charge in [0, 0.05) is 28.6 Å². The summed E-state index contributed by atoms with van der Waals surface area (Å²) >= 11 is 0. The van der Waals surface area contributed by atoms with Gasteiger partial charge in [-0.1, -0.05) is 18.2 Å². The number of hydrogen-bond donors (Lipinski definition) is 2. The van der Waals surface area contributed by atoms with E-state index in [1.54, 1.807) is 42.5 Å². The first kappa shape index (κ1) is 21.2. The molecule has 3 aromatic carbocycles. The van der Waals surface area contributed by atoms with Crippen LogP contribution in [0.2, 0.25) is 0 Å². The molecule has 0 saturated heterocycles. The number of hydrogen-bond acceptors (Lipinski definition) is 5. The fourth-order valence-electron chi connectivity index (χ4n) is 4.09. The molecule has 1 fully saturated rings. The van der Waals surface area contributed by atoms with Gasteiger partial charge in [-0.05, 0) is 74.2 Å². The molecule has 33 heavy (non-hydrogen) atoms. The molecule has 2 aliphatic rings. The number of nitrogens with one attached hydrogen (secondary N) is 2. The predicted octanol–water partition coefficient (Wildman–Crippen LogP) is 4.82. The summed E-state index contributed by atoms with van der Waals surface area (Å²) in [6.45, 7) is 0. The van der Waals surface area contributed by atoms with Gasteiger partial charge in [-0.25, -0.2) is 0 Å². The molecule has 0 aromatic heterocycles. The lowest BCUT2D eigenvalue weighted by Crippen LogP contribution is -2.14. The molecule has 8 heteroatoms. The van der Waals surface area contributed by atoms with Crippen molar-refractivity contribution in [1.82, 2.24) is 0 Å². The number of carbonyl (C=O) groups is 1. The lowest BCUT2D eigenvalue weighted by Gasteiger charge is -2.14. The van der Waals surface area contributed by atoms with Crippen molar-refractivity contribution in [1.29, 1.82) is 0 Å². The molecule has 0 radical (unpaired) electrons. The molecule has 1 heterocycles. The highest BCUT2D eigenvalue weighted by Crippen LogP contribution is 2.28. The zero-order valence-corrected chi connectivity index (χ0v) is 18.6. The van der Waals surface area contributed by atoms with Crippen LogP contribution < -0.4 is 15.4 Å². The summed E-state index contributed by atoms with van der Waals surface area (Å²) in [5.41, 5.74) is 2.30. The Labute approximate surface area is 192 Å². The van der Waals surface area contributed by atoms with Crippen molar-refractivity contribution < 1.29 is 17.9 Å². The maximum absolute atomic E-state index is 12.7. The molecule has 2 N–H and O–H groups in total. The van der Waals surface area contributed by atoms with E-state index >= 15 is 0 Å². The van der Waals surface area contributed by atoms with E-state index in [-0.39, 0.29) is 22.7 Å². The Bertz CT molecular complexity index is 1330. The number of amidine groups is 1. The Morgan fingerprint density at radius 2 is 1.67 bits per heavy atom. The zero-order valence-electron chi connectivity index (χ0n) is 17.8. The Morgan fingerprint density at radius 1 is 0.909 bits per heavy atom. The standard InChI is InChI=1S/C25H23N3O4S/c29-25(27-19-6-5-9-21(16-19)32-20-7-1-2-8-20)17-12-14-18(15-13-17)26-24-22-10-3-4-11-23(22)33(30,31)28-24/h3-6,9-16,20H,1-2,7-8H2,(H,26,28)(H,27,29). The topological polar surface area (TPSA) is 96.9 Å². The summed E-state index contributed by atoms with van der Waals surface area (Å²) in [7, 11) is -3.69. The van der Waals surface area contributed by atoms with Crippen molar-refractivity contribution in [3.05, 3.63) is 83.9 Å². The van der Waals surface area contributed by atoms with Crippen LogP contribution in [0, 0.1) is 0 Å². The number of amides is 1. The van der Waals surface area contributed by atoms with Crippen LogP contribution in [-0.2, 0) is 10.0 Å². The highest BCUT2D eigenvalue weighted by atomic mass is 32.2. The maximum Gasteiger partial charge on any atom is 0.285 e. The number of carbonyl (C=O) groups excluding carboxylic acids is 1. The average Bonchev–Trinajstić information content (AvgIpc) is 3.40. The van der Waals surface area contributed by atoms with Crippen LogP contribution in [0.25, 0.3) is 0 Å². The van der Waals surface area contributed by atoms with E-state index < -0.39 is 10.0 Å². The minimum Gasteiger partial charge on any atom is -0.490 e. The molecule has 0 atom stereocenters. The second-order valence-corrected chi connectivity index (χ2v) is 9.69. The minimum absolute atomic E-state index is 0.183. The third-order valence-electron chi connectivity index (χ3n) is 5.74. The molecule has 0 bridgehead atoms. The van der Waals surface area contributed by atoms with E-state index in [4.69, 9.17) is 4.74 Å². The number of benzene rings is 3. The monoisotopic (exact) mass is 461 g/mol. The van der Waals surface area contributed by atoms with Gasteiger partial charge in [-0.3, -0.25) is 4.79 Å². The van der Waals surface area contributed by atoms with E-state index in [9.17, 15) is 13.2 Å². The first-order valence-corrected chi connectivity index (χ1v) is 12.3. The first-order chi connectivity index (χ1) is 16.0. The third kappa shape index (κ3) is 4.61. The van der Waals surface area contributed by atoms with Gasteiger partial charge < -0.3 is 15.4 Å². The fraction of sp³-hybridized carbons (Fsp3) is 0.200. The van der Waals surface area contributed by atoms with Crippen LogP contribution in [0.5, 0.6) is 5.75 Å². The second-order valence-electron chi connectivity index (χ2n) is 8.12. The van der Waals surface area contributed by atoms with Gasteiger partial charge in [0.1, 0.15) is 10.6 Å². The molecule has 168 valence electrons. The Morgan fingerprint density at radius 3 is 2.45 bits per heavy atom. The second kappa shape index (κ2) is 8.71. The number of rotatable bonds is 5. The van der Waals surface area contributed by atoms with Gasteiger partial charge in [-0.15, -0.1) is 4.40 Å². The maximum atomic E-state index is 12.7. The molecule has 0 unspecified atom stereocenters. The number of ether oxygens (including phenoxy) is 1. The van der Waals surface area contributed by atoms with Crippen molar-refractivity contribution >= 4 is 33.1 Å². The summed E-state index contributed by atoms with van der Waals surface area (Å²) in [6, 6.07) is 20.9. The van der Waals surface area contributed by atoms with Gasteiger partial charge in [0.15, 0.2) is 5.84 Å². The SMILES string of the molecule is O=C(Nc1cccc(OC2CCCC2)c1)c1ccc(NC2=NS(=O)(=O)c3ccccc32)cc1. The van der Waals surface area contributed by atoms with Gasteiger partial charge in [-0.2, -0.15) is 8.42 Å². The van der Waals surface area contributed by atoms with Crippen molar-refractivity contribution in [2.24, 2.45) is 4.40 Å². The molecular weight excluding hydrogens is 438 g/mol. The smallest absolute Gasteiger partial charge is 0.285 e. The third-order valence-corrected chi connectivity index (χ3v) is 7.07. The van der Waals surface area contributed by atoms with Gasteiger partial charge >= 0.3 is 0 Å². The van der Waals surface area contributed by atoms with Gasteiger partial charge in [0.2, 0.25) is 0 Å². The van der Waals surface area contributed by atoms with Crippen LogP contribution in [0.15, 0.2) is 82.1 Å². The van der Waals surface area contributed by atoms with Crippen LogP contribution >= 0.6 is 0 Å². The van der Waals surface area contributed by atoms with E-state index in [1.807, 2.05) is 24.3 Å². The summed E-state index contributed by atoms with van der Waals surface area (Å²) in [4.78, 5) is 12.9. The fourth-order valence-corrected chi connectivity index (χ4v) is 5.26. The van der Waals surface area contributed by atoms with E-state index in [1.165, 1.54) is 18.9 Å². The van der Waals surface area contributed by atoms with E-state index in [2.05, 4.69) is 15.0 Å². The van der Waals surface area contributed by atoms with Gasteiger partial charge in [0.25, 0.3) is 15.9 Å². The van der Waals surface area contributed by atoms with Crippen molar-refractivity contribution in [2.45, 2.75) is 36.7 Å².